The van der Waals surface area contributed by atoms with E-state index in [0.29, 0.717) is 5.56 Å². The average Bonchev–Trinajstić information content (AvgIpc) is 2.45. The lowest BCUT2D eigenvalue weighted by atomic mass is 9.97. The number of alkyl halides is 3. The fourth-order valence-corrected chi connectivity index (χ4v) is 1.86. The molecule has 21 heavy (non-hydrogen) atoms. The maximum absolute atomic E-state index is 12.8. The number of nitrogens with two attached hydrogens (primary N) is 1. The Bertz CT molecular complexity index is 684. The van der Waals surface area contributed by atoms with Crippen molar-refractivity contribution in [2.24, 2.45) is 5.73 Å². The predicted molar refractivity (Wildman–Crippen MR) is 69.7 cm³/mol. The van der Waals surface area contributed by atoms with Crippen molar-refractivity contribution >= 4 is 5.91 Å². The summed E-state index contributed by atoms with van der Waals surface area (Å²) >= 11 is 0. The minimum Gasteiger partial charge on any atom is -0.481 e. The summed E-state index contributed by atoms with van der Waals surface area (Å²) in [6.45, 7) is 0. The normalized spacial score (nSPS) is 11.2. The van der Waals surface area contributed by atoms with E-state index >= 15 is 0 Å². The van der Waals surface area contributed by atoms with Crippen LogP contribution in [0.4, 0.5) is 13.2 Å². The summed E-state index contributed by atoms with van der Waals surface area (Å²) in [4.78, 5) is 15.3. The predicted octanol–water partition coefficient (Wildman–Crippen LogP) is 2.87. The standard InChI is InChI=1S/C14H11F3N2O2/c1-21-12-6-8(4-5-19-12)11-7-9(14(15,16)17)2-3-10(11)13(18)20/h2-7H,1H3,(H2,18,20). The summed E-state index contributed by atoms with van der Waals surface area (Å²) in [6.07, 6.45) is -3.14. The summed E-state index contributed by atoms with van der Waals surface area (Å²) in [5.41, 5.74) is 4.79. The Balaban J connectivity index is 2.65. The van der Waals surface area contributed by atoms with Crippen molar-refractivity contribution in [1.29, 1.82) is 0 Å². The fraction of sp³-hybridized carbons (Fsp3) is 0.143. The summed E-state index contributed by atoms with van der Waals surface area (Å²) in [5.74, 6) is -0.588. The number of primary amides is 1. The molecule has 2 rings (SSSR count). The molecule has 1 amide bonds. The molecule has 110 valence electrons. The molecule has 1 aromatic heterocycles. The minimum absolute atomic E-state index is 0.00347. The number of benzene rings is 1. The maximum Gasteiger partial charge on any atom is 0.416 e. The average molecular weight is 296 g/mol. The lowest BCUT2D eigenvalue weighted by molar-refractivity contribution is -0.137. The number of amides is 1. The number of pyridine rings is 1. The minimum atomic E-state index is -4.51. The van der Waals surface area contributed by atoms with Gasteiger partial charge in [-0.3, -0.25) is 4.79 Å². The summed E-state index contributed by atoms with van der Waals surface area (Å²) in [6, 6.07) is 5.68. The zero-order valence-corrected chi connectivity index (χ0v) is 10.9. The van der Waals surface area contributed by atoms with Gasteiger partial charge in [-0.15, -0.1) is 0 Å². The van der Waals surface area contributed by atoms with Crippen molar-refractivity contribution in [3.63, 3.8) is 0 Å². The Morgan fingerprint density at radius 2 is 1.95 bits per heavy atom. The van der Waals surface area contributed by atoms with Gasteiger partial charge in [0.1, 0.15) is 0 Å². The van der Waals surface area contributed by atoms with Crippen molar-refractivity contribution in [3.05, 3.63) is 47.7 Å². The highest BCUT2D eigenvalue weighted by Gasteiger charge is 2.31. The number of carbonyl (C=O) groups is 1. The molecule has 0 aliphatic heterocycles. The Morgan fingerprint density at radius 1 is 1.24 bits per heavy atom. The molecule has 0 aliphatic rings. The Kier molecular flexibility index (Phi) is 3.84. The molecule has 0 bridgehead atoms. The van der Waals surface area contributed by atoms with E-state index in [1.807, 2.05) is 0 Å². The third-order valence-corrected chi connectivity index (χ3v) is 2.87. The van der Waals surface area contributed by atoms with Crippen LogP contribution in [0.25, 0.3) is 11.1 Å². The molecule has 0 saturated carbocycles. The van der Waals surface area contributed by atoms with E-state index in [4.69, 9.17) is 10.5 Å². The maximum atomic E-state index is 12.8. The number of methoxy groups -OCH3 is 1. The van der Waals surface area contributed by atoms with Crippen LogP contribution in [0.1, 0.15) is 15.9 Å². The van der Waals surface area contributed by atoms with Crippen LogP contribution in [0, 0.1) is 0 Å². The number of nitrogens with zero attached hydrogens (tertiary/aromatic N) is 1. The van der Waals surface area contributed by atoms with Gasteiger partial charge in [0.25, 0.3) is 0 Å². The molecule has 0 spiro atoms. The third kappa shape index (κ3) is 3.13. The summed E-state index contributed by atoms with van der Waals surface area (Å²) in [7, 11) is 1.38. The molecule has 1 heterocycles. The molecule has 0 fully saturated rings. The molecule has 0 atom stereocenters. The molecule has 0 saturated heterocycles. The van der Waals surface area contributed by atoms with Crippen LogP contribution >= 0.6 is 0 Å². The zero-order chi connectivity index (χ0) is 15.6. The second kappa shape index (κ2) is 5.43. The number of halogens is 3. The largest absolute Gasteiger partial charge is 0.481 e. The van der Waals surface area contributed by atoms with Gasteiger partial charge in [0, 0.05) is 17.8 Å². The lowest BCUT2D eigenvalue weighted by Gasteiger charge is -2.12. The van der Waals surface area contributed by atoms with Crippen molar-refractivity contribution in [2.45, 2.75) is 6.18 Å². The van der Waals surface area contributed by atoms with Crippen LogP contribution in [-0.4, -0.2) is 18.0 Å². The van der Waals surface area contributed by atoms with E-state index in [9.17, 15) is 18.0 Å². The Labute approximate surface area is 118 Å². The summed E-state index contributed by atoms with van der Waals surface area (Å²) < 4.78 is 43.4. The van der Waals surface area contributed by atoms with Gasteiger partial charge in [-0.1, -0.05) is 0 Å². The quantitative estimate of drug-likeness (QED) is 0.947. The van der Waals surface area contributed by atoms with Crippen molar-refractivity contribution in [3.8, 4) is 17.0 Å². The van der Waals surface area contributed by atoms with Crippen LogP contribution in [0.3, 0.4) is 0 Å². The SMILES string of the molecule is COc1cc(-c2cc(C(F)(F)F)ccc2C(N)=O)ccn1. The lowest BCUT2D eigenvalue weighted by Crippen LogP contribution is -2.14. The third-order valence-electron chi connectivity index (χ3n) is 2.87. The molecular formula is C14H11F3N2O2. The van der Waals surface area contributed by atoms with E-state index in [2.05, 4.69) is 4.98 Å². The molecule has 7 heteroatoms. The van der Waals surface area contributed by atoms with Crippen molar-refractivity contribution in [2.75, 3.05) is 7.11 Å². The highest BCUT2D eigenvalue weighted by atomic mass is 19.4. The Hall–Kier alpha value is -2.57. The van der Waals surface area contributed by atoms with E-state index in [1.165, 1.54) is 25.4 Å². The second-order valence-electron chi connectivity index (χ2n) is 4.21. The van der Waals surface area contributed by atoms with Crippen LogP contribution in [0.15, 0.2) is 36.5 Å². The molecule has 1 aromatic carbocycles. The molecule has 0 unspecified atom stereocenters. The first-order valence-electron chi connectivity index (χ1n) is 5.84. The first-order valence-corrected chi connectivity index (χ1v) is 5.84. The highest BCUT2D eigenvalue weighted by molar-refractivity contribution is 6.00. The van der Waals surface area contributed by atoms with Gasteiger partial charge in [-0.05, 0) is 35.4 Å². The van der Waals surface area contributed by atoms with Crippen LogP contribution in [0.5, 0.6) is 5.88 Å². The van der Waals surface area contributed by atoms with Crippen LogP contribution < -0.4 is 10.5 Å². The number of rotatable bonds is 3. The first kappa shape index (κ1) is 14.8. The van der Waals surface area contributed by atoms with Crippen molar-refractivity contribution in [1.82, 2.24) is 4.98 Å². The molecule has 4 nitrogen and oxygen atoms in total. The second-order valence-corrected chi connectivity index (χ2v) is 4.21. The van der Waals surface area contributed by atoms with E-state index < -0.39 is 17.6 Å². The number of hydrogen-bond donors (Lipinski definition) is 1. The van der Waals surface area contributed by atoms with Crippen molar-refractivity contribution < 1.29 is 22.7 Å². The molecule has 0 radical (unpaired) electrons. The van der Waals surface area contributed by atoms with Gasteiger partial charge in [0.15, 0.2) is 0 Å². The number of aromatic nitrogens is 1. The topological polar surface area (TPSA) is 65.2 Å². The van der Waals surface area contributed by atoms with Gasteiger partial charge in [-0.2, -0.15) is 13.2 Å². The van der Waals surface area contributed by atoms with Gasteiger partial charge in [0.2, 0.25) is 11.8 Å². The highest BCUT2D eigenvalue weighted by Crippen LogP contribution is 2.34. The van der Waals surface area contributed by atoms with Gasteiger partial charge in [-0.25, -0.2) is 4.98 Å². The van der Waals surface area contributed by atoms with E-state index in [1.54, 1.807) is 0 Å². The zero-order valence-electron chi connectivity index (χ0n) is 10.9. The van der Waals surface area contributed by atoms with Crippen LogP contribution in [0.2, 0.25) is 0 Å². The number of ether oxygens (including phenoxy) is 1. The smallest absolute Gasteiger partial charge is 0.416 e. The number of hydrogen-bond acceptors (Lipinski definition) is 3. The van der Waals surface area contributed by atoms with E-state index in [-0.39, 0.29) is 17.0 Å². The first-order chi connectivity index (χ1) is 9.82. The summed E-state index contributed by atoms with van der Waals surface area (Å²) in [5, 5.41) is 0. The monoisotopic (exact) mass is 296 g/mol. The fourth-order valence-electron chi connectivity index (χ4n) is 1.86. The van der Waals surface area contributed by atoms with Gasteiger partial charge in [0.05, 0.1) is 12.7 Å². The molecule has 2 aromatic rings. The molecule has 2 N–H and O–H groups in total. The molecule has 0 aliphatic carbocycles. The molecular weight excluding hydrogens is 285 g/mol. The Morgan fingerprint density at radius 3 is 2.52 bits per heavy atom. The van der Waals surface area contributed by atoms with Gasteiger partial charge < -0.3 is 10.5 Å². The van der Waals surface area contributed by atoms with E-state index in [0.717, 1.165) is 18.2 Å². The number of carbonyl (C=O) groups excluding carboxylic acids is 1. The van der Waals surface area contributed by atoms with Gasteiger partial charge >= 0.3 is 6.18 Å². The van der Waals surface area contributed by atoms with Crippen LogP contribution in [-0.2, 0) is 6.18 Å².